The zero-order valence-corrected chi connectivity index (χ0v) is 12.1. The maximum Gasteiger partial charge on any atom is 0.170 e. The molecule has 0 spiro atoms. The van der Waals surface area contributed by atoms with Gasteiger partial charge in [-0.1, -0.05) is 30.3 Å². The van der Waals surface area contributed by atoms with Crippen LogP contribution >= 0.6 is 0 Å². The number of hydrogen-bond acceptors (Lipinski definition) is 4. The highest BCUT2D eigenvalue weighted by Gasteiger charge is 2.21. The quantitative estimate of drug-likeness (QED) is 0.828. The fourth-order valence-corrected chi connectivity index (χ4v) is 2.24. The first-order valence-corrected chi connectivity index (χ1v) is 6.71. The lowest BCUT2D eigenvalue weighted by atomic mass is 9.99. The molecule has 0 unspecified atom stereocenters. The number of carbonyl (C=O) groups excluding carboxylic acids is 1. The molecule has 21 heavy (non-hydrogen) atoms. The van der Waals surface area contributed by atoms with Gasteiger partial charge in [-0.15, -0.1) is 0 Å². The first-order valence-electron chi connectivity index (χ1n) is 6.71. The lowest BCUT2D eigenvalue weighted by molar-refractivity contribution is 0.0977. The number of ketones is 1. The molecule has 4 heteroatoms. The molecule has 0 aliphatic rings. The first kappa shape index (κ1) is 14.9. The average molecular weight is 286 g/mol. The molecule has 0 saturated heterocycles. The fourth-order valence-electron chi connectivity index (χ4n) is 2.24. The maximum atomic E-state index is 12.3. The van der Waals surface area contributed by atoms with Crippen molar-refractivity contribution < 1.29 is 19.7 Å². The minimum atomic E-state index is -0.292. The predicted octanol–water partition coefficient (Wildman–Crippen LogP) is 3.23. The van der Waals surface area contributed by atoms with Crippen molar-refractivity contribution in [3.05, 3.63) is 53.1 Å². The summed E-state index contributed by atoms with van der Waals surface area (Å²) in [6.45, 7) is 1.64. The molecule has 0 aromatic heterocycles. The van der Waals surface area contributed by atoms with Crippen molar-refractivity contribution in [2.75, 3.05) is 7.11 Å². The Morgan fingerprint density at radius 3 is 2.48 bits per heavy atom. The Labute approximate surface area is 123 Å². The Morgan fingerprint density at radius 1 is 1.19 bits per heavy atom. The molecule has 0 saturated carbocycles. The highest BCUT2D eigenvalue weighted by Crippen LogP contribution is 2.38. The SMILES string of the molecule is COc1cc(O)c(C(=O)CCc2ccccc2)c(O)c1C. The van der Waals surface area contributed by atoms with E-state index < -0.39 is 0 Å². The minimum absolute atomic E-state index is 0.0377. The van der Waals surface area contributed by atoms with E-state index in [1.54, 1.807) is 6.92 Å². The van der Waals surface area contributed by atoms with Crippen molar-refractivity contribution in [2.45, 2.75) is 19.8 Å². The van der Waals surface area contributed by atoms with Crippen molar-refractivity contribution >= 4 is 5.78 Å². The summed E-state index contributed by atoms with van der Waals surface area (Å²) in [6.07, 6.45) is 0.778. The molecule has 2 aromatic carbocycles. The average Bonchev–Trinajstić information content (AvgIpc) is 2.50. The second-order valence-electron chi connectivity index (χ2n) is 4.86. The summed E-state index contributed by atoms with van der Waals surface area (Å²) in [4.78, 5) is 12.3. The van der Waals surface area contributed by atoms with E-state index >= 15 is 0 Å². The van der Waals surface area contributed by atoms with Gasteiger partial charge in [0, 0.05) is 18.1 Å². The Morgan fingerprint density at radius 2 is 1.86 bits per heavy atom. The molecule has 0 fully saturated rings. The number of ether oxygens (including phenoxy) is 1. The fraction of sp³-hybridized carbons (Fsp3) is 0.235. The van der Waals surface area contributed by atoms with E-state index in [-0.39, 0.29) is 29.3 Å². The van der Waals surface area contributed by atoms with Gasteiger partial charge in [-0.05, 0) is 18.9 Å². The van der Waals surface area contributed by atoms with Crippen LogP contribution in [0.2, 0.25) is 0 Å². The molecular weight excluding hydrogens is 268 g/mol. The van der Waals surface area contributed by atoms with Crippen molar-refractivity contribution in [1.29, 1.82) is 0 Å². The molecular formula is C17H18O4. The normalized spacial score (nSPS) is 10.4. The van der Waals surface area contributed by atoms with Gasteiger partial charge < -0.3 is 14.9 Å². The number of rotatable bonds is 5. The zero-order chi connectivity index (χ0) is 15.4. The van der Waals surface area contributed by atoms with E-state index in [4.69, 9.17) is 4.74 Å². The molecule has 0 heterocycles. The summed E-state index contributed by atoms with van der Waals surface area (Å²) < 4.78 is 5.04. The standard InChI is InChI=1S/C17H18O4/c1-11-15(21-2)10-14(19)16(17(11)20)13(18)9-8-12-6-4-3-5-7-12/h3-7,10,19-20H,8-9H2,1-2H3. The molecule has 0 radical (unpaired) electrons. The van der Waals surface area contributed by atoms with Crippen LogP contribution in [0.3, 0.4) is 0 Å². The summed E-state index contributed by atoms with van der Waals surface area (Å²) in [5.74, 6) is -0.415. The number of benzene rings is 2. The zero-order valence-electron chi connectivity index (χ0n) is 12.1. The number of hydrogen-bond donors (Lipinski definition) is 2. The van der Waals surface area contributed by atoms with Crippen LogP contribution < -0.4 is 4.74 Å². The molecule has 2 N–H and O–H groups in total. The van der Waals surface area contributed by atoms with Crippen LogP contribution in [-0.4, -0.2) is 23.1 Å². The van der Waals surface area contributed by atoms with Gasteiger partial charge in [0.05, 0.1) is 7.11 Å². The third-order valence-electron chi connectivity index (χ3n) is 3.47. The van der Waals surface area contributed by atoms with Gasteiger partial charge >= 0.3 is 0 Å². The van der Waals surface area contributed by atoms with Crippen molar-refractivity contribution in [3.63, 3.8) is 0 Å². The number of carbonyl (C=O) groups is 1. The van der Waals surface area contributed by atoms with Crippen LogP contribution in [0.5, 0.6) is 17.2 Å². The van der Waals surface area contributed by atoms with E-state index in [0.29, 0.717) is 17.7 Å². The Hall–Kier alpha value is -2.49. The monoisotopic (exact) mass is 286 g/mol. The van der Waals surface area contributed by atoms with Crippen LogP contribution in [0.15, 0.2) is 36.4 Å². The largest absolute Gasteiger partial charge is 0.507 e. The Balaban J connectivity index is 2.22. The lowest BCUT2D eigenvalue weighted by Crippen LogP contribution is -2.04. The first-order chi connectivity index (χ1) is 10.0. The minimum Gasteiger partial charge on any atom is -0.507 e. The summed E-state index contributed by atoms with van der Waals surface area (Å²) >= 11 is 0. The summed E-state index contributed by atoms with van der Waals surface area (Å²) in [5, 5.41) is 20.0. The Bertz CT molecular complexity index is 648. The number of methoxy groups -OCH3 is 1. The molecule has 110 valence electrons. The number of Topliss-reactive ketones (excluding diaryl/α,β-unsaturated/α-hetero) is 1. The molecule has 2 rings (SSSR count). The highest BCUT2D eigenvalue weighted by atomic mass is 16.5. The molecule has 4 nitrogen and oxygen atoms in total. The number of phenols is 2. The number of aryl methyl sites for hydroxylation is 1. The lowest BCUT2D eigenvalue weighted by Gasteiger charge is -2.12. The van der Waals surface area contributed by atoms with E-state index in [0.717, 1.165) is 5.56 Å². The topological polar surface area (TPSA) is 66.8 Å². The van der Waals surface area contributed by atoms with E-state index in [2.05, 4.69) is 0 Å². The van der Waals surface area contributed by atoms with Gasteiger partial charge in [0.2, 0.25) is 0 Å². The van der Waals surface area contributed by atoms with Crippen LogP contribution in [0.4, 0.5) is 0 Å². The third kappa shape index (κ3) is 3.16. The number of aromatic hydroxyl groups is 2. The second-order valence-corrected chi connectivity index (χ2v) is 4.86. The molecule has 2 aromatic rings. The highest BCUT2D eigenvalue weighted by molar-refractivity contribution is 6.02. The van der Waals surface area contributed by atoms with E-state index in [1.165, 1.54) is 13.2 Å². The second kappa shape index (κ2) is 6.31. The Kier molecular flexibility index (Phi) is 4.48. The van der Waals surface area contributed by atoms with Crippen LogP contribution in [0, 0.1) is 6.92 Å². The van der Waals surface area contributed by atoms with E-state index in [9.17, 15) is 15.0 Å². The van der Waals surface area contributed by atoms with Crippen molar-refractivity contribution in [1.82, 2.24) is 0 Å². The molecule has 0 amide bonds. The molecule has 0 aliphatic carbocycles. The number of phenolic OH excluding ortho intramolecular Hbond substituents is 2. The van der Waals surface area contributed by atoms with Crippen molar-refractivity contribution in [2.24, 2.45) is 0 Å². The van der Waals surface area contributed by atoms with Crippen LogP contribution in [0.25, 0.3) is 0 Å². The van der Waals surface area contributed by atoms with Gasteiger partial charge in [0.1, 0.15) is 22.8 Å². The molecule has 0 atom stereocenters. The van der Waals surface area contributed by atoms with Crippen molar-refractivity contribution in [3.8, 4) is 17.2 Å². The molecule has 0 aliphatic heterocycles. The predicted molar refractivity (Wildman–Crippen MR) is 80.2 cm³/mol. The van der Waals surface area contributed by atoms with Gasteiger partial charge in [-0.25, -0.2) is 0 Å². The summed E-state index contributed by atoms with van der Waals surface area (Å²) in [5.41, 5.74) is 1.44. The van der Waals surface area contributed by atoms with Gasteiger partial charge in [-0.2, -0.15) is 0 Å². The molecule has 0 bridgehead atoms. The summed E-state index contributed by atoms with van der Waals surface area (Å²) in [6, 6.07) is 11.0. The smallest absolute Gasteiger partial charge is 0.170 e. The van der Waals surface area contributed by atoms with Gasteiger partial charge in [-0.3, -0.25) is 4.79 Å². The third-order valence-corrected chi connectivity index (χ3v) is 3.47. The van der Waals surface area contributed by atoms with E-state index in [1.807, 2.05) is 30.3 Å². The summed E-state index contributed by atoms with van der Waals surface area (Å²) in [7, 11) is 1.44. The van der Waals surface area contributed by atoms with Gasteiger partial charge in [0.15, 0.2) is 5.78 Å². The maximum absolute atomic E-state index is 12.3. The van der Waals surface area contributed by atoms with Crippen LogP contribution in [0.1, 0.15) is 27.9 Å². The van der Waals surface area contributed by atoms with Crippen LogP contribution in [-0.2, 0) is 6.42 Å². The van der Waals surface area contributed by atoms with Gasteiger partial charge in [0.25, 0.3) is 0 Å².